The lowest BCUT2D eigenvalue weighted by molar-refractivity contribution is -0.386. The predicted molar refractivity (Wildman–Crippen MR) is 260 cm³/mol. The van der Waals surface area contributed by atoms with Crippen molar-refractivity contribution >= 4 is 46.0 Å². The lowest BCUT2D eigenvalue weighted by atomic mass is 9.79. The number of carbonyl (C=O) groups excluding carboxylic acids is 4. The molecular formula is C55H62N2O13. The summed E-state index contributed by atoms with van der Waals surface area (Å²) in [5, 5.41) is 32.9. The van der Waals surface area contributed by atoms with Crippen LogP contribution < -0.4 is 9.47 Å². The average molecular weight is 959 g/mol. The van der Waals surface area contributed by atoms with Crippen molar-refractivity contribution in [2.45, 2.75) is 116 Å². The van der Waals surface area contributed by atoms with Crippen LogP contribution in [0, 0.1) is 45.9 Å². The summed E-state index contributed by atoms with van der Waals surface area (Å²) in [5.41, 5.74) is 14.3. The van der Waals surface area contributed by atoms with E-state index in [-0.39, 0.29) is 60.5 Å². The topological polar surface area (TPSA) is 212 Å². The zero-order chi connectivity index (χ0) is 50.0. The highest BCUT2D eigenvalue weighted by molar-refractivity contribution is 6.01. The number of aryl methyl sites for hydroxylation is 2. The molecule has 0 amide bonds. The van der Waals surface area contributed by atoms with Crippen molar-refractivity contribution in [3.8, 4) is 11.5 Å². The summed E-state index contributed by atoms with van der Waals surface area (Å²) < 4.78 is 23.3. The van der Waals surface area contributed by atoms with E-state index < -0.39 is 4.92 Å². The molecule has 2 saturated carbocycles. The number of allylic oxidation sites excluding steroid dienone is 4. The van der Waals surface area contributed by atoms with Crippen molar-refractivity contribution in [3.05, 3.63) is 138 Å². The Labute approximate surface area is 408 Å². The highest BCUT2D eigenvalue weighted by Gasteiger charge is 2.34. The first-order valence-corrected chi connectivity index (χ1v) is 24.3. The lowest BCUT2D eigenvalue weighted by Crippen LogP contribution is -2.24. The van der Waals surface area contributed by atoms with E-state index in [1.165, 1.54) is 114 Å². The van der Waals surface area contributed by atoms with Crippen LogP contribution in [0.2, 0.25) is 0 Å². The van der Waals surface area contributed by atoms with Crippen molar-refractivity contribution < 1.29 is 53.1 Å². The third-order valence-electron chi connectivity index (χ3n) is 13.7. The van der Waals surface area contributed by atoms with E-state index in [1.54, 1.807) is 12.1 Å². The molecule has 15 nitrogen and oxygen atoms in total. The molecule has 3 fully saturated rings. The van der Waals surface area contributed by atoms with Gasteiger partial charge in [0.25, 0.3) is 0 Å². The summed E-state index contributed by atoms with van der Waals surface area (Å²) in [5.74, 6) is 1.60. The van der Waals surface area contributed by atoms with Crippen molar-refractivity contribution in [2.24, 2.45) is 11.8 Å². The summed E-state index contributed by atoms with van der Waals surface area (Å²) in [6.45, 7) is 5.38. The Morgan fingerprint density at radius 1 is 0.586 bits per heavy atom. The number of nitrogens with zero attached hydrogens (tertiary/aromatic N) is 2. The van der Waals surface area contributed by atoms with Gasteiger partial charge in [0.15, 0.2) is 6.29 Å². The van der Waals surface area contributed by atoms with Gasteiger partial charge in [0.2, 0.25) is 11.5 Å². The van der Waals surface area contributed by atoms with Crippen molar-refractivity contribution in [1.82, 2.24) is 0 Å². The molecule has 4 aromatic rings. The Kier molecular flexibility index (Phi) is 19.9. The van der Waals surface area contributed by atoms with Crippen molar-refractivity contribution in [1.29, 1.82) is 0 Å². The number of para-hydroxylation sites is 2. The number of rotatable bonds is 14. The predicted octanol–water partition coefficient (Wildman–Crippen LogP) is 11.0. The molecule has 1 aliphatic heterocycles. The van der Waals surface area contributed by atoms with E-state index in [2.05, 4.69) is 50.2 Å². The van der Waals surface area contributed by atoms with Crippen LogP contribution in [0.15, 0.2) is 72.8 Å². The maximum Gasteiger partial charge on any atom is 0.373 e. The normalized spacial score (nSPS) is 17.5. The maximum absolute atomic E-state index is 12.0. The Balaban J connectivity index is 0.000000209. The van der Waals surface area contributed by atoms with E-state index >= 15 is 0 Å². The van der Waals surface area contributed by atoms with Gasteiger partial charge in [0.1, 0.15) is 13.2 Å². The van der Waals surface area contributed by atoms with Crippen molar-refractivity contribution in [2.75, 3.05) is 33.0 Å². The molecule has 4 aliphatic carbocycles. The number of ether oxygens (including phenoxy) is 4. The van der Waals surface area contributed by atoms with Gasteiger partial charge in [-0.3, -0.25) is 20.2 Å². The fraction of sp³-hybridized carbons (Fsp3) is 0.455. The molecule has 0 bridgehead atoms. The zero-order valence-electron chi connectivity index (χ0n) is 40.0. The Morgan fingerprint density at radius 2 is 1.03 bits per heavy atom. The number of nitro benzene ring substituents is 2. The number of hydrogen-bond donors (Lipinski definition) is 1. The number of nitro groups is 2. The van der Waals surface area contributed by atoms with Crippen LogP contribution in [0.4, 0.5) is 11.4 Å². The van der Waals surface area contributed by atoms with E-state index in [4.69, 9.17) is 38.1 Å². The molecule has 15 heteroatoms. The van der Waals surface area contributed by atoms with Gasteiger partial charge in [-0.15, -0.1) is 0 Å². The second-order valence-electron chi connectivity index (χ2n) is 18.2. The van der Waals surface area contributed by atoms with Crippen LogP contribution in [0.3, 0.4) is 0 Å². The van der Waals surface area contributed by atoms with Gasteiger partial charge in [-0.1, -0.05) is 110 Å². The molecule has 1 N–H and O–H groups in total. The second kappa shape index (κ2) is 26.4. The number of aliphatic hydroxyl groups is 1. The minimum absolute atomic E-state index is 0.0130. The number of aliphatic hydroxyl groups excluding tert-OH is 1. The van der Waals surface area contributed by atoms with Crippen LogP contribution in [0.25, 0.3) is 22.3 Å². The molecule has 9 rings (SSSR count). The number of hydrogen-bond acceptors (Lipinski definition) is 13. The molecule has 0 spiro atoms. The Morgan fingerprint density at radius 3 is 1.44 bits per heavy atom. The van der Waals surface area contributed by atoms with Gasteiger partial charge in [-0.2, -0.15) is 19.2 Å². The molecule has 0 radical (unpaired) electrons. The Hall–Kier alpha value is -6.60. The highest BCUT2D eigenvalue weighted by atomic mass is 16.7. The number of fused-ring (bicyclic) bond motifs is 2. The summed E-state index contributed by atoms with van der Waals surface area (Å²) in [4.78, 5) is 55.4. The monoisotopic (exact) mass is 958 g/mol. The highest BCUT2D eigenvalue weighted by Crippen LogP contribution is 2.51. The van der Waals surface area contributed by atoms with E-state index in [0.717, 1.165) is 68.3 Å². The maximum atomic E-state index is 12.0. The third kappa shape index (κ3) is 13.2. The molecule has 1 saturated heterocycles. The second-order valence-corrected chi connectivity index (χ2v) is 18.2. The lowest BCUT2D eigenvalue weighted by Gasteiger charge is -2.26. The third-order valence-corrected chi connectivity index (χ3v) is 13.7. The molecule has 1 unspecified atom stereocenters. The first kappa shape index (κ1) is 52.8. The minimum Gasteiger partial charge on any atom is -0.484 e. The Bertz CT molecular complexity index is 2580. The van der Waals surface area contributed by atoms with Gasteiger partial charge in [0, 0.05) is 29.9 Å². The van der Waals surface area contributed by atoms with Gasteiger partial charge in [-0.05, 0) is 128 Å². The first-order chi connectivity index (χ1) is 34.0. The van der Waals surface area contributed by atoms with Gasteiger partial charge in [-0.25, -0.2) is 0 Å². The fourth-order valence-corrected chi connectivity index (χ4v) is 10.8. The van der Waals surface area contributed by atoms with Crippen molar-refractivity contribution in [3.63, 3.8) is 0 Å². The van der Waals surface area contributed by atoms with Crippen LogP contribution >= 0.6 is 0 Å². The summed E-state index contributed by atoms with van der Waals surface area (Å²) in [6, 6.07) is 23.7. The smallest absolute Gasteiger partial charge is 0.373 e. The van der Waals surface area contributed by atoms with Crippen LogP contribution in [0.1, 0.15) is 128 Å². The average Bonchev–Trinajstić information content (AvgIpc) is 3.94. The molecular weight excluding hydrogens is 897 g/mol. The van der Waals surface area contributed by atoms with Gasteiger partial charge < -0.3 is 24.1 Å². The van der Waals surface area contributed by atoms with E-state index in [0.29, 0.717) is 24.2 Å². The van der Waals surface area contributed by atoms with Gasteiger partial charge >= 0.3 is 23.7 Å². The largest absolute Gasteiger partial charge is 0.484 e. The number of benzene rings is 4. The summed E-state index contributed by atoms with van der Waals surface area (Å²) in [6.07, 6.45) is 17.1. The fourth-order valence-electron chi connectivity index (χ4n) is 10.8. The first-order valence-electron chi connectivity index (χ1n) is 24.3. The zero-order valence-corrected chi connectivity index (χ0v) is 40.0. The molecule has 0 aromatic heterocycles. The standard InChI is InChI=1S/C29H35NO5.C24H27NO4.2CO2/c1-20-13-14-23-22(18-20)19-25(28(23)21-8-3-2-4-9-21)24-10-7-11-26(30(31)32)29(24)35-17-16-34-27-12-5-6-15-33-27;1-16-10-11-19-18(14-16)15-21(23(19)17-6-3-2-4-7-17)20-8-5-9-22(25(27)28)24(20)29-13-12-26;2*2-1-3/h7,10-11,13-14,18,21,27H,2-6,8-9,12,15-17,19H2,1H3;5,8-11,14,17,26H,2-4,6-7,12-13,15H2,1H3;;. The molecule has 5 aliphatic rings. The molecule has 70 heavy (non-hydrogen) atoms. The molecule has 1 heterocycles. The minimum atomic E-state index is -0.400. The molecule has 370 valence electrons. The van der Waals surface area contributed by atoms with Gasteiger partial charge in [0.05, 0.1) is 23.1 Å². The molecule has 4 aromatic carbocycles. The summed E-state index contributed by atoms with van der Waals surface area (Å²) >= 11 is 0. The van der Waals surface area contributed by atoms with E-state index in [9.17, 15) is 25.3 Å². The van der Waals surface area contributed by atoms with Crippen LogP contribution in [0.5, 0.6) is 11.5 Å². The van der Waals surface area contributed by atoms with Crippen LogP contribution in [-0.4, -0.2) is 66.6 Å². The van der Waals surface area contributed by atoms with Crippen LogP contribution in [-0.2, 0) is 41.5 Å². The van der Waals surface area contributed by atoms with E-state index in [1.807, 2.05) is 12.1 Å². The summed E-state index contributed by atoms with van der Waals surface area (Å²) in [7, 11) is 0. The quantitative estimate of drug-likeness (QED) is 0.0709. The molecule has 1 atom stereocenters. The SMILES string of the molecule is Cc1ccc2c(c1)CC(c1cccc([N+](=O)[O-])c1OCCO)=C2C1CCCCC1.Cc1ccc2c(c1)CC(c1cccc([N+](=O)[O-])c1OCCOC1CCCCO1)=C2C1CCCCC1.O=C=O.O=C=O.